The Balaban J connectivity index is 1.85. The van der Waals surface area contributed by atoms with Crippen molar-refractivity contribution in [1.29, 1.82) is 0 Å². The molecule has 0 heterocycles. The molecule has 0 spiro atoms. The van der Waals surface area contributed by atoms with Crippen LogP contribution in [0.3, 0.4) is 0 Å². The van der Waals surface area contributed by atoms with Crippen molar-refractivity contribution in [2.75, 3.05) is 6.16 Å². The van der Waals surface area contributed by atoms with Crippen molar-refractivity contribution < 1.29 is 9.67 Å². The Labute approximate surface area is 192 Å². The Morgan fingerprint density at radius 1 is 0.656 bits per heavy atom. The van der Waals surface area contributed by atoms with Gasteiger partial charge in [0.15, 0.2) is 0 Å². The van der Waals surface area contributed by atoms with Crippen LogP contribution in [0.4, 0.5) is 0 Å². The third kappa shape index (κ3) is 4.79. The molecule has 0 saturated carbocycles. The highest BCUT2D eigenvalue weighted by atomic mass is 31.2. The summed E-state index contributed by atoms with van der Waals surface area (Å²) in [7, 11) is -3.92. The van der Waals surface area contributed by atoms with Crippen molar-refractivity contribution in [2.24, 2.45) is 0 Å². The van der Waals surface area contributed by atoms with E-state index in [0.717, 1.165) is 10.6 Å². The van der Waals surface area contributed by atoms with Crippen LogP contribution in [0, 0.1) is 0 Å². The fourth-order valence-electron chi connectivity index (χ4n) is 4.17. The van der Waals surface area contributed by atoms with Gasteiger partial charge in [-0.1, -0.05) is 121 Å². The molecule has 32 heavy (non-hydrogen) atoms. The molecule has 1 N–H and O–H groups in total. The highest BCUT2D eigenvalue weighted by Gasteiger charge is 2.41. The zero-order valence-electron chi connectivity index (χ0n) is 18.2. The first-order valence-corrected chi connectivity index (χ1v) is 14.2. The second-order valence-electron chi connectivity index (χ2n) is 7.92. The molecule has 4 aromatic rings. The maximum absolute atomic E-state index is 15.0. The molecule has 4 heteroatoms. The number of rotatable bonds is 8. The van der Waals surface area contributed by atoms with Crippen LogP contribution in [-0.2, 0) is 4.57 Å². The van der Waals surface area contributed by atoms with Gasteiger partial charge in [-0.3, -0.25) is 0 Å². The van der Waals surface area contributed by atoms with Crippen LogP contribution in [0.5, 0.6) is 0 Å². The van der Waals surface area contributed by atoms with Crippen LogP contribution in [-0.4, -0.2) is 23.0 Å². The van der Waals surface area contributed by atoms with E-state index < -0.39 is 26.8 Å². The summed E-state index contributed by atoms with van der Waals surface area (Å²) in [6.07, 6.45) is -0.0825. The molecule has 0 aliphatic heterocycles. The number of aliphatic hydroxyl groups is 1. The van der Waals surface area contributed by atoms with Gasteiger partial charge < -0.3 is 9.67 Å². The largest absolute Gasteiger partial charge is 0.393 e. The molecule has 0 fully saturated rings. The van der Waals surface area contributed by atoms with E-state index in [0.29, 0.717) is 6.16 Å². The standard InChI is InChI=1S/C28H28O2P2/c1-23(29)28(22-31(24-14-6-2-7-15-24)25-16-8-3-9-17-25)32(30,26-18-10-4-11-19-26)27-20-12-5-13-21-27/h2-21,23,28-29H,22H2,1H3/t23-,28+/m1/s1. The van der Waals surface area contributed by atoms with Crippen LogP contribution in [0.25, 0.3) is 0 Å². The zero-order valence-corrected chi connectivity index (χ0v) is 19.9. The highest BCUT2D eigenvalue weighted by Crippen LogP contribution is 2.54. The predicted octanol–water partition coefficient (Wildman–Crippen LogP) is 4.88. The minimum Gasteiger partial charge on any atom is -0.393 e. The van der Waals surface area contributed by atoms with Crippen molar-refractivity contribution in [3.63, 3.8) is 0 Å². The molecule has 0 aliphatic carbocycles. The minimum absolute atomic E-state index is 0.404. The monoisotopic (exact) mass is 458 g/mol. The Kier molecular flexibility index (Phi) is 7.38. The second kappa shape index (κ2) is 10.4. The summed E-state index contributed by atoms with van der Waals surface area (Å²) in [6.45, 7) is 1.78. The fourth-order valence-corrected chi connectivity index (χ4v) is 10.9. The van der Waals surface area contributed by atoms with Gasteiger partial charge in [-0.25, -0.2) is 0 Å². The maximum Gasteiger partial charge on any atom is 0.149 e. The summed E-state index contributed by atoms with van der Waals surface area (Å²) in [5.74, 6) is 0. The summed E-state index contributed by atoms with van der Waals surface area (Å²) in [6, 6.07) is 40.2. The Morgan fingerprint density at radius 3 is 1.34 bits per heavy atom. The lowest BCUT2D eigenvalue weighted by molar-refractivity contribution is 0.194. The summed E-state index contributed by atoms with van der Waals surface area (Å²) < 4.78 is 15.0. The highest BCUT2D eigenvalue weighted by molar-refractivity contribution is 7.81. The van der Waals surface area contributed by atoms with Gasteiger partial charge in [0, 0.05) is 10.6 Å². The second-order valence-corrected chi connectivity index (χ2v) is 13.2. The van der Waals surface area contributed by atoms with Crippen LogP contribution in [0.15, 0.2) is 121 Å². The van der Waals surface area contributed by atoms with E-state index in [2.05, 4.69) is 48.5 Å². The van der Waals surface area contributed by atoms with Gasteiger partial charge in [-0.05, 0) is 31.6 Å². The summed E-state index contributed by atoms with van der Waals surface area (Å²) in [5, 5.41) is 15.1. The summed E-state index contributed by atoms with van der Waals surface area (Å²) in [4.78, 5) is 0. The van der Waals surface area contributed by atoms with Crippen molar-refractivity contribution in [3.05, 3.63) is 121 Å². The van der Waals surface area contributed by atoms with E-state index >= 15 is 4.57 Å². The lowest BCUT2D eigenvalue weighted by Crippen LogP contribution is -2.37. The normalized spacial score (nSPS) is 13.6. The van der Waals surface area contributed by atoms with E-state index in [9.17, 15) is 5.11 Å². The van der Waals surface area contributed by atoms with Crippen molar-refractivity contribution in [1.82, 2.24) is 0 Å². The Morgan fingerprint density at radius 2 is 1.00 bits per heavy atom. The maximum atomic E-state index is 15.0. The van der Waals surface area contributed by atoms with Crippen molar-refractivity contribution in [3.8, 4) is 0 Å². The molecule has 0 aliphatic rings. The molecule has 0 bridgehead atoms. The van der Waals surface area contributed by atoms with E-state index in [1.807, 2.05) is 72.8 Å². The topological polar surface area (TPSA) is 37.3 Å². The molecule has 2 atom stereocenters. The molecule has 0 aromatic heterocycles. The van der Waals surface area contributed by atoms with E-state index in [1.54, 1.807) is 6.92 Å². The van der Waals surface area contributed by atoms with E-state index in [1.165, 1.54) is 10.6 Å². The van der Waals surface area contributed by atoms with Crippen LogP contribution < -0.4 is 21.2 Å². The molecule has 0 saturated heterocycles. The number of hydrogen-bond donors (Lipinski definition) is 1. The number of benzene rings is 4. The van der Waals surface area contributed by atoms with Crippen LogP contribution in [0.1, 0.15) is 6.92 Å². The zero-order chi connectivity index (χ0) is 22.4. The molecule has 0 unspecified atom stereocenters. The summed E-state index contributed by atoms with van der Waals surface area (Å²) in [5.41, 5.74) is -0.404. The third-order valence-corrected chi connectivity index (χ3v) is 12.4. The quantitative estimate of drug-likeness (QED) is 0.382. The molecule has 162 valence electrons. The average molecular weight is 458 g/mol. The molecule has 0 radical (unpaired) electrons. The average Bonchev–Trinajstić information content (AvgIpc) is 2.86. The fraction of sp³-hybridized carbons (Fsp3) is 0.143. The van der Waals surface area contributed by atoms with Gasteiger partial charge in [0.25, 0.3) is 0 Å². The molecular formula is C28H28O2P2. The Hall–Kier alpha value is -2.50. The van der Waals surface area contributed by atoms with E-state index in [-0.39, 0.29) is 0 Å². The molecule has 0 amide bonds. The van der Waals surface area contributed by atoms with Crippen LogP contribution in [0.2, 0.25) is 0 Å². The predicted molar refractivity (Wildman–Crippen MR) is 139 cm³/mol. The van der Waals surface area contributed by atoms with E-state index in [4.69, 9.17) is 0 Å². The lowest BCUT2D eigenvalue weighted by Gasteiger charge is -2.34. The molecule has 4 rings (SSSR count). The third-order valence-electron chi connectivity index (χ3n) is 5.81. The first-order chi connectivity index (χ1) is 15.6. The molecular weight excluding hydrogens is 430 g/mol. The SMILES string of the molecule is C[C@@H](O)[C@H](CP(c1ccccc1)c1ccccc1)P(=O)(c1ccccc1)c1ccccc1. The van der Waals surface area contributed by atoms with Crippen molar-refractivity contribution in [2.45, 2.75) is 18.7 Å². The number of aliphatic hydroxyl groups excluding tert-OH is 1. The van der Waals surface area contributed by atoms with Gasteiger partial charge in [-0.15, -0.1) is 0 Å². The van der Waals surface area contributed by atoms with Gasteiger partial charge in [-0.2, -0.15) is 0 Å². The van der Waals surface area contributed by atoms with Gasteiger partial charge in [0.05, 0.1) is 11.8 Å². The number of hydrogen-bond acceptors (Lipinski definition) is 2. The summed E-state index contributed by atoms with van der Waals surface area (Å²) >= 11 is 0. The van der Waals surface area contributed by atoms with Gasteiger partial charge in [0.2, 0.25) is 0 Å². The molecule has 2 nitrogen and oxygen atoms in total. The van der Waals surface area contributed by atoms with Crippen molar-refractivity contribution >= 4 is 36.3 Å². The van der Waals surface area contributed by atoms with Gasteiger partial charge >= 0.3 is 0 Å². The smallest absolute Gasteiger partial charge is 0.149 e. The minimum atomic E-state index is -3.12. The van der Waals surface area contributed by atoms with Gasteiger partial charge in [0.1, 0.15) is 7.14 Å². The molecule has 4 aromatic carbocycles. The Bertz CT molecular complexity index is 1060. The first-order valence-electron chi connectivity index (χ1n) is 10.9. The first kappa shape index (κ1) is 22.7. The van der Waals surface area contributed by atoms with Crippen LogP contribution >= 0.6 is 15.1 Å². The lowest BCUT2D eigenvalue weighted by atomic mass is 10.3.